The number of imidazole rings is 1. The number of sulfone groups is 1. The fraction of sp³-hybridized carbons (Fsp3) is 0.350. The second-order valence-corrected chi connectivity index (χ2v) is 9.91. The highest BCUT2D eigenvalue weighted by Crippen LogP contribution is 2.41. The molecular weight excluding hydrogens is 431 g/mol. The first-order valence-corrected chi connectivity index (χ1v) is 11.4. The molecule has 0 atom stereocenters. The Morgan fingerprint density at radius 3 is 2.58 bits per heavy atom. The fourth-order valence-corrected chi connectivity index (χ4v) is 4.95. The first kappa shape index (κ1) is 20.0. The Morgan fingerprint density at radius 1 is 1.19 bits per heavy atom. The molecule has 1 aliphatic rings. The Bertz CT molecular complexity index is 1450. The van der Waals surface area contributed by atoms with Crippen LogP contribution < -0.4 is 0 Å². The summed E-state index contributed by atoms with van der Waals surface area (Å²) in [5.41, 5.74) is 0.958. The molecule has 4 heterocycles. The largest absolute Gasteiger partial charge is 0.433 e. The Balaban J connectivity index is 1.78. The van der Waals surface area contributed by atoms with Gasteiger partial charge in [0.1, 0.15) is 16.3 Å². The molecule has 162 valence electrons. The van der Waals surface area contributed by atoms with Crippen molar-refractivity contribution in [1.29, 1.82) is 0 Å². The van der Waals surface area contributed by atoms with Gasteiger partial charge >= 0.3 is 6.18 Å². The van der Waals surface area contributed by atoms with E-state index in [1.165, 1.54) is 16.0 Å². The predicted molar refractivity (Wildman–Crippen MR) is 107 cm³/mol. The Labute approximate surface area is 175 Å². The molecule has 31 heavy (non-hydrogen) atoms. The third-order valence-corrected chi connectivity index (χ3v) is 7.40. The van der Waals surface area contributed by atoms with Gasteiger partial charge in [0.2, 0.25) is 0 Å². The molecule has 5 rings (SSSR count). The van der Waals surface area contributed by atoms with Crippen LogP contribution >= 0.6 is 0 Å². The van der Waals surface area contributed by atoms with Crippen molar-refractivity contribution in [2.75, 3.05) is 5.75 Å². The Hall–Kier alpha value is -2.95. The van der Waals surface area contributed by atoms with Crippen LogP contribution in [0.15, 0.2) is 35.5 Å². The molecule has 0 aromatic carbocycles. The van der Waals surface area contributed by atoms with Gasteiger partial charge < -0.3 is 4.57 Å². The van der Waals surface area contributed by atoms with Gasteiger partial charge in [-0.15, -0.1) is 0 Å². The van der Waals surface area contributed by atoms with Gasteiger partial charge in [-0.3, -0.25) is 0 Å². The highest BCUT2D eigenvalue weighted by atomic mass is 32.2. The zero-order valence-electron chi connectivity index (χ0n) is 16.7. The summed E-state index contributed by atoms with van der Waals surface area (Å²) in [5, 5.41) is 4.51. The van der Waals surface area contributed by atoms with Crippen LogP contribution in [0.25, 0.3) is 28.1 Å². The zero-order valence-corrected chi connectivity index (χ0v) is 17.5. The monoisotopic (exact) mass is 449 g/mol. The molecule has 0 saturated heterocycles. The molecular formula is C20H18F3N5O2S. The fourth-order valence-electron chi connectivity index (χ4n) is 3.75. The predicted octanol–water partition coefficient (Wildman–Crippen LogP) is 3.97. The molecule has 1 fully saturated rings. The van der Waals surface area contributed by atoms with Gasteiger partial charge in [-0.25, -0.2) is 22.9 Å². The van der Waals surface area contributed by atoms with Crippen molar-refractivity contribution in [1.82, 2.24) is 24.1 Å². The van der Waals surface area contributed by atoms with E-state index in [1.807, 2.05) is 12.3 Å². The van der Waals surface area contributed by atoms with Crippen molar-refractivity contribution in [3.05, 3.63) is 41.9 Å². The number of aryl methyl sites for hydroxylation is 1. The number of alkyl halides is 3. The number of pyridine rings is 2. The van der Waals surface area contributed by atoms with Crippen LogP contribution in [-0.4, -0.2) is 38.3 Å². The number of rotatable bonds is 4. The summed E-state index contributed by atoms with van der Waals surface area (Å²) in [6.45, 7) is 1.54. The highest BCUT2D eigenvalue weighted by molar-refractivity contribution is 7.91. The minimum absolute atomic E-state index is 0.0276. The van der Waals surface area contributed by atoms with Crippen molar-refractivity contribution in [2.24, 2.45) is 7.05 Å². The zero-order chi connectivity index (χ0) is 22.1. The second-order valence-electron chi connectivity index (χ2n) is 7.70. The molecule has 0 bridgehead atoms. The summed E-state index contributed by atoms with van der Waals surface area (Å²) in [4.78, 5) is 7.82. The van der Waals surface area contributed by atoms with E-state index < -0.39 is 21.7 Å². The van der Waals surface area contributed by atoms with Gasteiger partial charge in [-0.1, -0.05) is 13.0 Å². The molecule has 0 aliphatic heterocycles. The van der Waals surface area contributed by atoms with Crippen LogP contribution in [0, 0.1) is 0 Å². The molecule has 0 unspecified atom stereocenters. The van der Waals surface area contributed by atoms with Gasteiger partial charge in [-0.05, 0) is 36.5 Å². The number of hydrogen-bond donors (Lipinski definition) is 0. The summed E-state index contributed by atoms with van der Waals surface area (Å²) in [6, 6.07) is 4.49. The Kier molecular flexibility index (Phi) is 4.20. The van der Waals surface area contributed by atoms with Crippen molar-refractivity contribution in [3.8, 4) is 11.5 Å². The molecule has 4 aromatic heterocycles. The number of halogens is 3. The molecule has 7 nitrogen and oxygen atoms in total. The van der Waals surface area contributed by atoms with E-state index in [-0.39, 0.29) is 27.7 Å². The van der Waals surface area contributed by atoms with Gasteiger partial charge in [0.25, 0.3) is 0 Å². The van der Waals surface area contributed by atoms with Crippen molar-refractivity contribution in [2.45, 2.75) is 36.8 Å². The first-order chi connectivity index (χ1) is 14.6. The summed E-state index contributed by atoms with van der Waals surface area (Å²) < 4.78 is 68.2. The van der Waals surface area contributed by atoms with Crippen LogP contribution in [0.4, 0.5) is 13.2 Å². The molecule has 4 aromatic rings. The number of aromatic nitrogens is 5. The topological polar surface area (TPSA) is 82.1 Å². The molecule has 1 saturated carbocycles. The average Bonchev–Trinajstić information content (AvgIpc) is 3.42. The normalized spacial score (nSPS) is 15.3. The summed E-state index contributed by atoms with van der Waals surface area (Å²) >= 11 is 0. The lowest BCUT2D eigenvalue weighted by atomic mass is 10.2. The van der Waals surface area contributed by atoms with E-state index in [1.54, 1.807) is 13.1 Å². The maximum absolute atomic E-state index is 13.1. The smallest absolute Gasteiger partial charge is 0.324 e. The maximum atomic E-state index is 13.1. The van der Waals surface area contributed by atoms with E-state index >= 15 is 0 Å². The van der Waals surface area contributed by atoms with E-state index in [2.05, 4.69) is 15.1 Å². The van der Waals surface area contributed by atoms with Gasteiger partial charge in [-0.2, -0.15) is 18.3 Å². The quantitative estimate of drug-likeness (QED) is 0.471. The van der Waals surface area contributed by atoms with E-state index in [9.17, 15) is 21.6 Å². The highest BCUT2D eigenvalue weighted by Gasteiger charge is 2.34. The molecule has 1 aliphatic carbocycles. The molecule has 0 radical (unpaired) electrons. The molecule has 0 N–H and O–H groups in total. The van der Waals surface area contributed by atoms with Gasteiger partial charge in [0.15, 0.2) is 15.7 Å². The van der Waals surface area contributed by atoms with E-state index in [0.717, 1.165) is 30.7 Å². The number of hydrogen-bond acceptors (Lipinski definition) is 5. The van der Waals surface area contributed by atoms with Crippen molar-refractivity contribution < 1.29 is 21.6 Å². The summed E-state index contributed by atoms with van der Waals surface area (Å²) in [5.74, 6) is 0.473. The van der Waals surface area contributed by atoms with Crippen molar-refractivity contribution >= 4 is 26.4 Å². The van der Waals surface area contributed by atoms with Crippen LogP contribution in [-0.2, 0) is 23.1 Å². The maximum Gasteiger partial charge on any atom is 0.433 e. The number of nitrogens with zero attached hydrogens (tertiary/aromatic N) is 5. The third kappa shape index (κ3) is 3.18. The molecule has 11 heteroatoms. The van der Waals surface area contributed by atoms with Crippen molar-refractivity contribution in [3.63, 3.8) is 0 Å². The molecule has 0 amide bonds. The second kappa shape index (κ2) is 6.52. The van der Waals surface area contributed by atoms with E-state index in [4.69, 9.17) is 0 Å². The number of fused-ring (bicyclic) bond motifs is 2. The van der Waals surface area contributed by atoms with Crippen LogP contribution in [0.1, 0.15) is 36.9 Å². The van der Waals surface area contributed by atoms with Crippen LogP contribution in [0.2, 0.25) is 0 Å². The van der Waals surface area contributed by atoms with Gasteiger partial charge in [0.05, 0.1) is 28.5 Å². The minimum Gasteiger partial charge on any atom is -0.324 e. The summed E-state index contributed by atoms with van der Waals surface area (Å²) in [7, 11) is -2.10. The van der Waals surface area contributed by atoms with Crippen LogP contribution in [0.5, 0.6) is 0 Å². The standard InChI is InChI=1S/C20H18F3N5O2S/c1-3-31(29,30)18-14-7-6-12(11-4-5-11)10-28(14)26-17(18)19-25-13-8-16(20(21,22)23)24-9-15(13)27(19)2/h6-11H,3-5H2,1-2H3. The van der Waals surface area contributed by atoms with Crippen LogP contribution in [0.3, 0.4) is 0 Å². The SMILES string of the molecule is CCS(=O)(=O)c1c(-c2nc3cc(C(F)(F)F)ncc3n2C)nn2cc(C3CC3)ccc12. The lowest BCUT2D eigenvalue weighted by Crippen LogP contribution is -2.07. The first-order valence-electron chi connectivity index (χ1n) is 9.75. The average molecular weight is 449 g/mol. The Morgan fingerprint density at radius 2 is 1.94 bits per heavy atom. The van der Waals surface area contributed by atoms with Gasteiger partial charge in [0, 0.05) is 13.2 Å². The lowest BCUT2D eigenvalue weighted by Gasteiger charge is -2.05. The third-order valence-electron chi connectivity index (χ3n) is 5.62. The van der Waals surface area contributed by atoms with E-state index in [0.29, 0.717) is 17.0 Å². The minimum atomic E-state index is -4.61. The lowest BCUT2D eigenvalue weighted by molar-refractivity contribution is -0.141. The summed E-state index contributed by atoms with van der Waals surface area (Å²) in [6.07, 6.45) is 0.462. The molecule has 0 spiro atoms.